The van der Waals surface area contributed by atoms with Crippen molar-refractivity contribution in [2.24, 2.45) is 0 Å². The Hall–Kier alpha value is -3.20. The van der Waals surface area contributed by atoms with E-state index in [-0.39, 0.29) is 6.04 Å². The van der Waals surface area contributed by atoms with Crippen molar-refractivity contribution in [2.45, 2.75) is 50.7 Å². The van der Waals surface area contributed by atoms with Gasteiger partial charge in [-0.1, -0.05) is 6.92 Å². The van der Waals surface area contributed by atoms with E-state index in [0.717, 1.165) is 54.5 Å². The minimum absolute atomic E-state index is 0.235. The second-order valence-corrected chi connectivity index (χ2v) is 7.79. The van der Waals surface area contributed by atoms with E-state index in [0.29, 0.717) is 11.8 Å². The smallest absolute Gasteiger partial charge is 0.243 e. The van der Waals surface area contributed by atoms with Crippen molar-refractivity contribution >= 4 is 22.9 Å². The highest BCUT2D eigenvalue weighted by molar-refractivity contribution is 5.86. The predicted molar refractivity (Wildman–Crippen MR) is 110 cm³/mol. The van der Waals surface area contributed by atoms with E-state index in [9.17, 15) is 5.11 Å². The van der Waals surface area contributed by atoms with Crippen molar-refractivity contribution in [2.75, 3.05) is 11.1 Å². The van der Waals surface area contributed by atoms with E-state index in [1.54, 1.807) is 15.2 Å². The first kappa shape index (κ1) is 17.9. The number of nitrogens with one attached hydrogen (secondary N) is 1. The normalized spacial score (nSPS) is 22.3. The predicted octanol–water partition coefficient (Wildman–Crippen LogP) is 2.52. The summed E-state index contributed by atoms with van der Waals surface area (Å²) in [5, 5.41) is 23.0. The van der Waals surface area contributed by atoms with E-state index in [1.165, 1.54) is 0 Å². The Morgan fingerprint density at radius 2 is 2.00 bits per heavy atom. The molecule has 9 heteroatoms. The standard InChI is InChI=1S/C20H24N8O/c1-2-20(29)8-5-13(6-9-20)23-19-24-18(21)17-14(7-11-28(17)26-19)15-3-4-16-22-10-12-27(16)25-15/h3-4,7,10-13,29H,2,5-6,8-9H2,1H3,(H3,21,23,24,26). The Kier molecular flexibility index (Phi) is 4.13. The third-order valence-corrected chi connectivity index (χ3v) is 5.98. The van der Waals surface area contributed by atoms with Gasteiger partial charge in [0.05, 0.1) is 11.3 Å². The molecular weight excluding hydrogens is 368 g/mol. The summed E-state index contributed by atoms with van der Waals surface area (Å²) in [4.78, 5) is 8.71. The van der Waals surface area contributed by atoms with Gasteiger partial charge in [0.1, 0.15) is 5.52 Å². The van der Waals surface area contributed by atoms with Crippen molar-refractivity contribution in [1.82, 2.24) is 29.2 Å². The van der Waals surface area contributed by atoms with Gasteiger partial charge in [-0.15, -0.1) is 5.10 Å². The minimum Gasteiger partial charge on any atom is -0.390 e. The second-order valence-electron chi connectivity index (χ2n) is 7.79. The van der Waals surface area contributed by atoms with Gasteiger partial charge in [-0.3, -0.25) is 0 Å². The molecule has 0 aromatic carbocycles. The van der Waals surface area contributed by atoms with Gasteiger partial charge >= 0.3 is 0 Å². The van der Waals surface area contributed by atoms with Crippen LogP contribution in [0.3, 0.4) is 0 Å². The number of nitrogen functional groups attached to an aromatic ring is 1. The lowest BCUT2D eigenvalue weighted by atomic mass is 9.80. The second kappa shape index (κ2) is 6.70. The van der Waals surface area contributed by atoms with Crippen molar-refractivity contribution in [1.29, 1.82) is 0 Å². The van der Waals surface area contributed by atoms with Crippen molar-refractivity contribution in [3.8, 4) is 11.3 Å². The number of anilines is 2. The van der Waals surface area contributed by atoms with Gasteiger partial charge in [-0.25, -0.2) is 14.0 Å². The first-order valence-electron chi connectivity index (χ1n) is 9.99. The summed E-state index contributed by atoms with van der Waals surface area (Å²) < 4.78 is 3.47. The monoisotopic (exact) mass is 392 g/mol. The van der Waals surface area contributed by atoms with Crippen LogP contribution >= 0.6 is 0 Å². The van der Waals surface area contributed by atoms with Gasteiger partial charge in [0.2, 0.25) is 5.95 Å². The molecule has 0 spiro atoms. The van der Waals surface area contributed by atoms with Crippen LogP contribution in [0.1, 0.15) is 39.0 Å². The molecule has 0 saturated heterocycles. The molecule has 4 heterocycles. The van der Waals surface area contributed by atoms with E-state index < -0.39 is 5.60 Å². The van der Waals surface area contributed by atoms with Gasteiger partial charge in [0.25, 0.3) is 0 Å². The average Bonchev–Trinajstić information content (AvgIpc) is 3.36. The molecule has 29 heavy (non-hydrogen) atoms. The van der Waals surface area contributed by atoms with E-state index in [2.05, 4.69) is 25.5 Å². The van der Waals surface area contributed by atoms with Gasteiger partial charge in [-0.2, -0.15) is 10.1 Å². The molecule has 1 aliphatic carbocycles. The van der Waals surface area contributed by atoms with E-state index in [4.69, 9.17) is 5.73 Å². The number of fused-ring (bicyclic) bond motifs is 2. The number of aliphatic hydroxyl groups is 1. The molecule has 0 unspecified atom stereocenters. The van der Waals surface area contributed by atoms with E-state index in [1.807, 2.05) is 37.5 Å². The van der Waals surface area contributed by atoms with Gasteiger partial charge in [-0.05, 0) is 50.3 Å². The van der Waals surface area contributed by atoms with Crippen LogP contribution in [0.4, 0.5) is 11.8 Å². The first-order valence-corrected chi connectivity index (χ1v) is 9.99. The van der Waals surface area contributed by atoms with Crippen LogP contribution in [0, 0.1) is 0 Å². The summed E-state index contributed by atoms with van der Waals surface area (Å²) >= 11 is 0. The summed E-state index contributed by atoms with van der Waals surface area (Å²) in [6.45, 7) is 2.04. The largest absolute Gasteiger partial charge is 0.390 e. The Bertz CT molecular complexity index is 1170. The molecule has 5 rings (SSSR count). The molecule has 0 bridgehead atoms. The van der Waals surface area contributed by atoms with Crippen molar-refractivity contribution in [3.05, 3.63) is 36.8 Å². The quantitative estimate of drug-likeness (QED) is 0.488. The maximum atomic E-state index is 10.4. The fourth-order valence-corrected chi connectivity index (χ4v) is 4.11. The highest BCUT2D eigenvalue weighted by Crippen LogP contribution is 2.32. The first-order chi connectivity index (χ1) is 14.0. The Morgan fingerprint density at radius 1 is 1.17 bits per heavy atom. The van der Waals surface area contributed by atoms with Gasteiger partial charge in [0.15, 0.2) is 11.5 Å². The molecule has 1 fully saturated rings. The Balaban J connectivity index is 1.43. The van der Waals surface area contributed by atoms with E-state index >= 15 is 0 Å². The fraction of sp³-hybridized carbons (Fsp3) is 0.400. The fourth-order valence-electron chi connectivity index (χ4n) is 4.11. The number of imidazole rings is 1. The number of hydrogen-bond acceptors (Lipinski definition) is 7. The van der Waals surface area contributed by atoms with Gasteiger partial charge in [0, 0.05) is 30.2 Å². The molecule has 0 amide bonds. The molecule has 1 saturated carbocycles. The van der Waals surface area contributed by atoms with Crippen LogP contribution in [0.5, 0.6) is 0 Å². The Labute approximate surface area is 167 Å². The van der Waals surface area contributed by atoms with Crippen molar-refractivity contribution in [3.63, 3.8) is 0 Å². The van der Waals surface area contributed by atoms with Crippen LogP contribution in [0.15, 0.2) is 36.8 Å². The average molecular weight is 392 g/mol. The lowest BCUT2D eigenvalue weighted by Crippen LogP contribution is -2.38. The molecule has 150 valence electrons. The van der Waals surface area contributed by atoms with Crippen LogP contribution < -0.4 is 11.1 Å². The Morgan fingerprint density at radius 3 is 2.79 bits per heavy atom. The summed E-state index contributed by atoms with van der Waals surface area (Å²) in [6, 6.07) is 6.01. The van der Waals surface area contributed by atoms with Gasteiger partial charge < -0.3 is 16.2 Å². The molecule has 0 radical (unpaired) electrons. The van der Waals surface area contributed by atoms with Crippen LogP contribution in [-0.4, -0.2) is 45.9 Å². The van der Waals surface area contributed by atoms with Crippen molar-refractivity contribution < 1.29 is 5.11 Å². The third-order valence-electron chi connectivity index (χ3n) is 5.98. The number of rotatable bonds is 4. The number of nitrogens with zero attached hydrogens (tertiary/aromatic N) is 6. The minimum atomic E-state index is -0.527. The molecule has 4 aromatic rings. The maximum absolute atomic E-state index is 10.4. The number of nitrogens with two attached hydrogens (primary N) is 1. The molecule has 4 aromatic heterocycles. The number of aromatic nitrogens is 6. The lowest BCUT2D eigenvalue weighted by Gasteiger charge is -2.35. The van der Waals surface area contributed by atoms with Crippen LogP contribution in [0.2, 0.25) is 0 Å². The summed E-state index contributed by atoms with van der Waals surface area (Å²) in [5.74, 6) is 0.901. The highest BCUT2D eigenvalue weighted by atomic mass is 16.3. The number of hydrogen-bond donors (Lipinski definition) is 3. The summed E-state index contributed by atoms with van der Waals surface area (Å²) in [6.07, 6.45) is 9.53. The summed E-state index contributed by atoms with van der Waals surface area (Å²) in [5.41, 5.74) is 8.94. The van der Waals surface area contributed by atoms with Crippen LogP contribution in [-0.2, 0) is 0 Å². The molecule has 9 nitrogen and oxygen atoms in total. The topological polar surface area (TPSA) is 119 Å². The zero-order valence-electron chi connectivity index (χ0n) is 16.3. The SMILES string of the molecule is CCC1(O)CCC(Nc2nc(N)c3c(-c4ccc5nccn5n4)ccn3n2)CC1. The molecule has 1 aliphatic rings. The molecule has 0 atom stereocenters. The lowest BCUT2D eigenvalue weighted by molar-refractivity contribution is -0.00198. The van der Waals surface area contributed by atoms with Crippen LogP contribution in [0.25, 0.3) is 22.4 Å². The zero-order valence-corrected chi connectivity index (χ0v) is 16.3. The third kappa shape index (κ3) is 3.17. The molecule has 0 aliphatic heterocycles. The molecule has 4 N–H and O–H groups in total. The zero-order chi connectivity index (χ0) is 20.0. The molecular formula is C20H24N8O. The maximum Gasteiger partial charge on any atom is 0.243 e. The highest BCUT2D eigenvalue weighted by Gasteiger charge is 2.31. The summed E-state index contributed by atoms with van der Waals surface area (Å²) in [7, 11) is 0.